The Bertz CT molecular complexity index is 527. The Hall–Kier alpha value is -0.0800. The highest BCUT2D eigenvalue weighted by Gasteiger charge is 2.39. The SMILES string of the molecule is CC(C)(C)[S@@+]([O-])N[C@@](C)(CC1=NCCN1)c1cc(Br)cs1. The molecule has 2 atom stereocenters. The standard InChI is InChI=1S/C14H22BrN3OS2/c1-13(2,3)21(19)18-14(4,8-12-16-5-6-17-12)11-7-10(15)9-20-11/h7,9,18H,5-6,8H2,1-4H3,(H,16,17)/t14-,21+/m0/s1. The first-order valence-electron chi connectivity index (χ1n) is 6.92. The van der Waals surface area contributed by atoms with Gasteiger partial charge in [-0.1, -0.05) is 0 Å². The summed E-state index contributed by atoms with van der Waals surface area (Å²) in [5.41, 5.74) is -0.398. The van der Waals surface area contributed by atoms with Gasteiger partial charge >= 0.3 is 0 Å². The molecule has 0 aliphatic carbocycles. The van der Waals surface area contributed by atoms with E-state index in [9.17, 15) is 4.55 Å². The van der Waals surface area contributed by atoms with Crippen molar-refractivity contribution < 1.29 is 4.55 Å². The van der Waals surface area contributed by atoms with Crippen LogP contribution in [0.3, 0.4) is 0 Å². The van der Waals surface area contributed by atoms with E-state index in [4.69, 9.17) is 0 Å². The van der Waals surface area contributed by atoms with E-state index in [0.29, 0.717) is 6.42 Å². The molecule has 21 heavy (non-hydrogen) atoms. The zero-order chi connectivity index (χ0) is 15.7. The first-order valence-corrected chi connectivity index (χ1v) is 9.74. The number of hydrogen-bond acceptors (Lipinski definition) is 5. The highest BCUT2D eigenvalue weighted by Crippen LogP contribution is 2.34. The van der Waals surface area contributed by atoms with Crippen LogP contribution in [0.5, 0.6) is 0 Å². The maximum Gasteiger partial charge on any atom is 0.136 e. The van der Waals surface area contributed by atoms with Crippen LogP contribution in [0.1, 0.15) is 39.0 Å². The summed E-state index contributed by atoms with van der Waals surface area (Å²) in [5.74, 6) is 0.987. The highest BCUT2D eigenvalue weighted by molar-refractivity contribution is 9.10. The van der Waals surface area contributed by atoms with Crippen molar-refractivity contribution in [3.63, 3.8) is 0 Å². The fourth-order valence-corrected chi connectivity index (χ4v) is 4.54. The molecular formula is C14H22BrN3OS2. The lowest BCUT2D eigenvalue weighted by atomic mass is 9.96. The van der Waals surface area contributed by atoms with Gasteiger partial charge in [0.05, 0.1) is 12.4 Å². The van der Waals surface area contributed by atoms with E-state index in [1.807, 2.05) is 20.8 Å². The predicted octanol–water partition coefficient (Wildman–Crippen LogP) is 3.17. The van der Waals surface area contributed by atoms with E-state index >= 15 is 0 Å². The monoisotopic (exact) mass is 391 g/mol. The lowest BCUT2D eigenvalue weighted by molar-refractivity contribution is 0.439. The molecule has 2 heterocycles. The molecule has 7 heteroatoms. The van der Waals surface area contributed by atoms with E-state index in [0.717, 1.165) is 28.3 Å². The second-order valence-corrected chi connectivity index (χ2v) is 10.2. The Balaban J connectivity index is 2.24. The molecule has 2 N–H and O–H groups in total. The van der Waals surface area contributed by atoms with Gasteiger partial charge in [-0.25, -0.2) is 0 Å². The molecule has 0 bridgehead atoms. The molecule has 0 unspecified atom stereocenters. The predicted molar refractivity (Wildman–Crippen MR) is 95.3 cm³/mol. The van der Waals surface area contributed by atoms with Gasteiger partial charge in [0, 0.05) is 39.1 Å². The fourth-order valence-electron chi connectivity index (χ4n) is 2.03. The molecule has 2 rings (SSSR count). The van der Waals surface area contributed by atoms with Crippen molar-refractivity contribution in [2.75, 3.05) is 13.1 Å². The van der Waals surface area contributed by atoms with Gasteiger partial charge in [-0.15, -0.1) is 16.1 Å². The lowest BCUT2D eigenvalue weighted by Gasteiger charge is -2.34. The van der Waals surface area contributed by atoms with Crippen LogP contribution in [0.2, 0.25) is 0 Å². The van der Waals surface area contributed by atoms with Gasteiger partial charge in [0.25, 0.3) is 0 Å². The number of nitrogens with zero attached hydrogens (tertiary/aromatic N) is 1. The minimum Gasteiger partial charge on any atom is -0.598 e. The molecule has 0 saturated carbocycles. The Kier molecular flexibility index (Phi) is 5.41. The number of halogens is 1. The summed E-state index contributed by atoms with van der Waals surface area (Å²) in [6.45, 7) is 9.74. The fraction of sp³-hybridized carbons (Fsp3) is 0.643. The largest absolute Gasteiger partial charge is 0.598 e. The molecule has 0 radical (unpaired) electrons. The van der Waals surface area contributed by atoms with Crippen molar-refractivity contribution in [3.8, 4) is 0 Å². The zero-order valence-corrected chi connectivity index (χ0v) is 16.0. The molecule has 0 spiro atoms. The van der Waals surface area contributed by atoms with Crippen LogP contribution < -0.4 is 10.0 Å². The van der Waals surface area contributed by atoms with Crippen molar-refractivity contribution in [2.45, 2.75) is 44.4 Å². The first-order chi connectivity index (χ1) is 9.71. The van der Waals surface area contributed by atoms with Gasteiger partial charge in [0.1, 0.15) is 10.3 Å². The Morgan fingerprint density at radius 3 is 2.67 bits per heavy atom. The second-order valence-electron chi connectivity index (χ2n) is 6.38. The Morgan fingerprint density at radius 2 is 2.19 bits per heavy atom. The summed E-state index contributed by atoms with van der Waals surface area (Å²) in [7, 11) is 0. The second kappa shape index (κ2) is 6.58. The van der Waals surface area contributed by atoms with Gasteiger partial charge in [-0.2, -0.15) is 0 Å². The quantitative estimate of drug-likeness (QED) is 0.757. The van der Waals surface area contributed by atoms with E-state index < -0.39 is 16.9 Å². The third-order valence-electron chi connectivity index (χ3n) is 3.25. The molecule has 0 fully saturated rings. The third-order valence-corrected chi connectivity index (χ3v) is 6.95. The van der Waals surface area contributed by atoms with Crippen LogP contribution in [-0.4, -0.2) is 28.2 Å². The average molecular weight is 392 g/mol. The maximum atomic E-state index is 12.6. The summed E-state index contributed by atoms with van der Waals surface area (Å²) in [6, 6.07) is 2.09. The topological polar surface area (TPSA) is 59.5 Å². The minimum absolute atomic E-state index is 0.305. The summed E-state index contributed by atoms with van der Waals surface area (Å²) in [4.78, 5) is 5.64. The number of amidine groups is 1. The van der Waals surface area contributed by atoms with Crippen LogP contribution >= 0.6 is 27.3 Å². The summed E-state index contributed by atoms with van der Waals surface area (Å²) in [5, 5.41) is 5.36. The lowest BCUT2D eigenvalue weighted by Crippen LogP contribution is -2.51. The first kappa shape index (κ1) is 17.3. The molecular weight excluding hydrogens is 370 g/mol. The summed E-state index contributed by atoms with van der Waals surface area (Å²) in [6.07, 6.45) is 0.710. The van der Waals surface area contributed by atoms with Crippen molar-refractivity contribution in [2.24, 2.45) is 4.99 Å². The van der Waals surface area contributed by atoms with Crippen LogP contribution in [-0.2, 0) is 16.9 Å². The summed E-state index contributed by atoms with van der Waals surface area (Å²) >= 11 is 4.03. The number of aliphatic imine (C=N–C) groups is 1. The number of hydrogen-bond donors (Lipinski definition) is 2. The average Bonchev–Trinajstić information content (AvgIpc) is 2.99. The van der Waals surface area contributed by atoms with E-state index in [1.165, 1.54) is 0 Å². The highest BCUT2D eigenvalue weighted by atomic mass is 79.9. The van der Waals surface area contributed by atoms with Crippen molar-refractivity contribution in [3.05, 3.63) is 20.8 Å². The van der Waals surface area contributed by atoms with Crippen molar-refractivity contribution in [1.29, 1.82) is 0 Å². The van der Waals surface area contributed by atoms with Gasteiger partial charge in [0.15, 0.2) is 0 Å². The Labute approximate surface area is 142 Å². The molecule has 4 nitrogen and oxygen atoms in total. The van der Waals surface area contributed by atoms with Crippen LogP contribution in [0, 0.1) is 0 Å². The van der Waals surface area contributed by atoms with Crippen LogP contribution in [0.4, 0.5) is 0 Å². The smallest absolute Gasteiger partial charge is 0.136 e. The molecule has 1 aliphatic heterocycles. The van der Waals surface area contributed by atoms with Gasteiger partial charge in [0.2, 0.25) is 0 Å². The molecule has 1 aliphatic rings. The van der Waals surface area contributed by atoms with Crippen LogP contribution in [0.25, 0.3) is 0 Å². The number of thiophene rings is 1. The van der Waals surface area contributed by atoms with Gasteiger partial charge in [-0.05, 0) is 49.7 Å². The van der Waals surface area contributed by atoms with Crippen molar-refractivity contribution in [1.82, 2.24) is 10.0 Å². The maximum absolute atomic E-state index is 12.6. The van der Waals surface area contributed by atoms with Crippen molar-refractivity contribution >= 4 is 44.5 Å². The van der Waals surface area contributed by atoms with Crippen LogP contribution in [0.15, 0.2) is 20.9 Å². The van der Waals surface area contributed by atoms with Gasteiger partial charge in [-0.3, -0.25) is 4.99 Å². The molecule has 0 amide bonds. The Morgan fingerprint density at radius 1 is 1.48 bits per heavy atom. The summed E-state index contributed by atoms with van der Waals surface area (Å²) < 4.78 is 16.6. The number of nitrogens with one attached hydrogen (secondary N) is 2. The number of rotatable bonds is 5. The van der Waals surface area contributed by atoms with E-state index in [1.54, 1.807) is 11.3 Å². The van der Waals surface area contributed by atoms with E-state index in [-0.39, 0.29) is 4.75 Å². The molecule has 0 saturated heterocycles. The van der Waals surface area contributed by atoms with Gasteiger partial charge < -0.3 is 9.87 Å². The molecule has 0 aromatic carbocycles. The minimum atomic E-state index is -1.14. The normalized spacial score (nSPS) is 19.8. The molecule has 118 valence electrons. The third kappa shape index (κ3) is 4.45. The zero-order valence-electron chi connectivity index (χ0n) is 12.8. The molecule has 1 aromatic heterocycles. The molecule has 1 aromatic rings. The van der Waals surface area contributed by atoms with E-state index in [2.05, 4.69) is 49.3 Å².